The van der Waals surface area contributed by atoms with Crippen molar-refractivity contribution in [2.24, 2.45) is 0 Å². The van der Waals surface area contributed by atoms with Gasteiger partial charge in [0.25, 0.3) is 5.89 Å². The number of rotatable bonds is 4. The van der Waals surface area contributed by atoms with E-state index in [2.05, 4.69) is 10.1 Å². The molecule has 3 heterocycles. The maximum Gasteiger partial charge on any atom is 0.268 e. The second kappa shape index (κ2) is 6.64. The van der Waals surface area contributed by atoms with Crippen molar-refractivity contribution in [2.45, 2.75) is 17.1 Å². The maximum atomic E-state index is 5.71. The molecule has 0 spiro atoms. The number of benzene rings is 1. The van der Waals surface area contributed by atoms with Gasteiger partial charge in [0.1, 0.15) is 0 Å². The minimum absolute atomic E-state index is 0.578. The molecule has 5 nitrogen and oxygen atoms in total. The molecule has 0 fully saturated rings. The Labute approximate surface area is 141 Å². The topological polar surface area (TPSA) is 57.4 Å². The Bertz CT molecular complexity index is 786. The van der Waals surface area contributed by atoms with Gasteiger partial charge >= 0.3 is 0 Å². The standard InChI is InChI=1S/C16H14N2O3S2/c1-3-14(22-8-1)16-17-15(18-21-16)10-23-11-4-5-12-13(9-11)20-7-2-6-19-12/h1,3-5,8-9H,2,6-7,10H2. The Morgan fingerprint density at radius 2 is 2.04 bits per heavy atom. The summed E-state index contributed by atoms with van der Waals surface area (Å²) in [5.41, 5.74) is 0. The minimum Gasteiger partial charge on any atom is -0.490 e. The zero-order valence-corrected chi connectivity index (χ0v) is 13.9. The molecule has 0 radical (unpaired) electrons. The van der Waals surface area contributed by atoms with Gasteiger partial charge in [-0.05, 0) is 29.6 Å². The molecular formula is C16H14N2O3S2. The SMILES string of the molecule is c1csc(-c2nc(CSc3ccc4c(c3)OCCCO4)no2)c1. The zero-order chi connectivity index (χ0) is 15.5. The molecule has 0 saturated carbocycles. The fourth-order valence-electron chi connectivity index (χ4n) is 2.19. The highest BCUT2D eigenvalue weighted by Gasteiger charge is 2.13. The Morgan fingerprint density at radius 1 is 1.13 bits per heavy atom. The van der Waals surface area contributed by atoms with Crippen LogP contribution in [0.15, 0.2) is 45.1 Å². The third-order valence-electron chi connectivity index (χ3n) is 3.29. The Hall–Kier alpha value is -1.99. The van der Waals surface area contributed by atoms with Gasteiger partial charge in [0.05, 0.1) is 23.8 Å². The van der Waals surface area contributed by atoms with Crippen LogP contribution in [-0.4, -0.2) is 23.4 Å². The molecule has 7 heteroatoms. The van der Waals surface area contributed by atoms with Crippen molar-refractivity contribution >= 4 is 23.1 Å². The van der Waals surface area contributed by atoms with Gasteiger partial charge in [0.15, 0.2) is 17.3 Å². The lowest BCUT2D eigenvalue weighted by Gasteiger charge is -2.08. The van der Waals surface area contributed by atoms with Crippen molar-refractivity contribution in [3.8, 4) is 22.3 Å². The molecule has 0 atom stereocenters. The van der Waals surface area contributed by atoms with Gasteiger partial charge in [-0.1, -0.05) is 11.2 Å². The van der Waals surface area contributed by atoms with E-state index in [0.717, 1.165) is 27.7 Å². The van der Waals surface area contributed by atoms with E-state index in [-0.39, 0.29) is 0 Å². The fraction of sp³-hybridized carbons (Fsp3) is 0.250. The summed E-state index contributed by atoms with van der Waals surface area (Å²) in [5.74, 6) is 3.53. The number of nitrogens with zero attached hydrogens (tertiary/aromatic N) is 2. The molecule has 0 unspecified atom stereocenters. The zero-order valence-electron chi connectivity index (χ0n) is 12.2. The van der Waals surface area contributed by atoms with E-state index in [1.165, 1.54) is 0 Å². The van der Waals surface area contributed by atoms with Gasteiger partial charge < -0.3 is 14.0 Å². The van der Waals surface area contributed by atoms with E-state index in [9.17, 15) is 0 Å². The fourth-order valence-corrected chi connectivity index (χ4v) is 3.61. The highest BCUT2D eigenvalue weighted by Crippen LogP contribution is 2.34. The van der Waals surface area contributed by atoms with Gasteiger partial charge in [-0.15, -0.1) is 23.1 Å². The molecule has 0 saturated heterocycles. The first kappa shape index (κ1) is 14.6. The van der Waals surface area contributed by atoms with Crippen LogP contribution in [0.3, 0.4) is 0 Å². The van der Waals surface area contributed by atoms with E-state index in [4.69, 9.17) is 14.0 Å². The first-order valence-electron chi connectivity index (χ1n) is 7.27. The summed E-state index contributed by atoms with van der Waals surface area (Å²) in [7, 11) is 0. The lowest BCUT2D eigenvalue weighted by atomic mass is 10.3. The summed E-state index contributed by atoms with van der Waals surface area (Å²) in [6.45, 7) is 1.39. The van der Waals surface area contributed by atoms with Crippen LogP contribution >= 0.6 is 23.1 Å². The van der Waals surface area contributed by atoms with Crippen LogP contribution in [0.5, 0.6) is 11.5 Å². The molecule has 1 aliphatic rings. The molecule has 3 aromatic rings. The van der Waals surface area contributed by atoms with E-state index < -0.39 is 0 Å². The van der Waals surface area contributed by atoms with Gasteiger partial charge in [0, 0.05) is 11.3 Å². The van der Waals surface area contributed by atoms with Crippen molar-refractivity contribution < 1.29 is 14.0 Å². The number of fused-ring (bicyclic) bond motifs is 1. The predicted octanol–water partition coefficient (Wildman–Crippen LogP) is 4.25. The van der Waals surface area contributed by atoms with Gasteiger partial charge in [-0.3, -0.25) is 0 Å². The molecule has 1 aromatic carbocycles. The van der Waals surface area contributed by atoms with Gasteiger partial charge in [-0.2, -0.15) is 4.98 Å². The molecule has 4 rings (SSSR count). The molecule has 23 heavy (non-hydrogen) atoms. The number of hydrogen-bond acceptors (Lipinski definition) is 7. The average Bonchev–Trinajstić information content (AvgIpc) is 3.20. The third-order valence-corrected chi connectivity index (χ3v) is 5.13. The Kier molecular flexibility index (Phi) is 4.21. The van der Waals surface area contributed by atoms with Crippen LogP contribution in [0.1, 0.15) is 12.2 Å². The lowest BCUT2D eigenvalue weighted by Crippen LogP contribution is -1.97. The van der Waals surface area contributed by atoms with Crippen LogP contribution in [-0.2, 0) is 5.75 Å². The number of thioether (sulfide) groups is 1. The van der Waals surface area contributed by atoms with E-state index in [1.54, 1.807) is 23.1 Å². The van der Waals surface area contributed by atoms with Gasteiger partial charge in [0.2, 0.25) is 0 Å². The number of aromatic nitrogens is 2. The smallest absolute Gasteiger partial charge is 0.268 e. The second-order valence-corrected chi connectivity index (χ2v) is 6.94. The predicted molar refractivity (Wildman–Crippen MR) is 89.2 cm³/mol. The number of ether oxygens (including phenoxy) is 2. The van der Waals surface area contributed by atoms with Crippen molar-refractivity contribution in [3.05, 3.63) is 41.5 Å². The molecule has 2 aromatic heterocycles. The molecule has 0 bridgehead atoms. The largest absolute Gasteiger partial charge is 0.490 e. The minimum atomic E-state index is 0.578. The second-order valence-electron chi connectivity index (χ2n) is 4.94. The molecule has 118 valence electrons. The maximum absolute atomic E-state index is 5.71. The van der Waals surface area contributed by atoms with Crippen molar-refractivity contribution in [2.75, 3.05) is 13.2 Å². The Balaban J connectivity index is 1.44. The highest BCUT2D eigenvalue weighted by molar-refractivity contribution is 7.98. The normalized spacial score (nSPS) is 13.7. The first-order chi connectivity index (χ1) is 11.4. The summed E-state index contributed by atoms with van der Waals surface area (Å²) in [5, 5.41) is 6.03. The number of thiophene rings is 1. The van der Waals surface area contributed by atoms with Crippen LogP contribution in [0.2, 0.25) is 0 Å². The lowest BCUT2D eigenvalue weighted by molar-refractivity contribution is 0.297. The molecule has 0 amide bonds. The van der Waals surface area contributed by atoms with Crippen LogP contribution in [0.25, 0.3) is 10.8 Å². The van der Waals surface area contributed by atoms with Crippen molar-refractivity contribution in [1.29, 1.82) is 0 Å². The third kappa shape index (κ3) is 3.35. The van der Waals surface area contributed by atoms with E-state index in [1.807, 2.05) is 35.7 Å². The van der Waals surface area contributed by atoms with Crippen LogP contribution in [0.4, 0.5) is 0 Å². The summed E-state index contributed by atoms with van der Waals surface area (Å²) < 4.78 is 16.6. The van der Waals surface area contributed by atoms with Crippen LogP contribution < -0.4 is 9.47 Å². The summed E-state index contributed by atoms with van der Waals surface area (Å²) in [6.07, 6.45) is 0.908. The summed E-state index contributed by atoms with van der Waals surface area (Å²) >= 11 is 3.23. The van der Waals surface area contributed by atoms with E-state index in [0.29, 0.717) is 30.7 Å². The molecule has 1 aliphatic heterocycles. The van der Waals surface area contributed by atoms with Crippen LogP contribution in [0, 0.1) is 0 Å². The van der Waals surface area contributed by atoms with Crippen molar-refractivity contribution in [3.63, 3.8) is 0 Å². The molecule has 0 N–H and O–H groups in total. The average molecular weight is 346 g/mol. The van der Waals surface area contributed by atoms with E-state index >= 15 is 0 Å². The Morgan fingerprint density at radius 3 is 2.91 bits per heavy atom. The molecule has 0 aliphatic carbocycles. The van der Waals surface area contributed by atoms with Gasteiger partial charge in [-0.25, -0.2) is 0 Å². The number of hydrogen-bond donors (Lipinski definition) is 0. The summed E-state index contributed by atoms with van der Waals surface area (Å²) in [6, 6.07) is 9.93. The molecular weight excluding hydrogens is 332 g/mol. The summed E-state index contributed by atoms with van der Waals surface area (Å²) in [4.78, 5) is 6.51. The monoisotopic (exact) mass is 346 g/mol. The quantitative estimate of drug-likeness (QED) is 0.658. The highest BCUT2D eigenvalue weighted by atomic mass is 32.2. The van der Waals surface area contributed by atoms with Crippen molar-refractivity contribution in [1.82, 2.24) is 10.1 Å². The first-order valence-corrected chi connectivity index (χ1v) is 9.14.